The molecule has 32 heavy (non-hydrogen) atoms. The van der Waals surface area contributed by atoms with Gasteiger partial charge in [-0.05, 0) is 76.6 Å². The van der Waals surface area contributed by atoms with Crippen LogP contribution in [0.1, 0.15) is 40.2 Å². The Morgan fingerprint density at radius 2 is 1.84 bits per heavy atom. The predicted molar refractivity (Wildman–Crippen MR) is 131 cm³/mol. The average Bonchev–Trinajstić information content (AvgIpc) is 2.70. The molecule has 2 rings (SSSR count). The number of amides is 1. The number of guanidine groups is 1. The number of hydrogen-bond donors (Lipinski definition) is 3. The lowest BCUT2D eigenvalue weighted by atomic mass is 10.1. The molecule has 0 saturated carbocycles. The van der Waals surface area contributed by atoms with Gasteiger partial charge in [0.25, 0.3) is 0 Å². The second-order valence-electron chi connectivity index (χ2n) is 9.05. The number of benzene rings is 1. The monoisotopic (exact) mass is 440 g/mol. The fourth-order valence-corrected chi connectivity index (χ4v) is 2.77. The van der Waals surface area contributed by atoms with Gasteiger partial charge in [0.1, 0.15) is 11.6 Å². The van der Waals surface area contributed by atoms with Crippen LogP contribution in [0.5, 0.6) is 5.75 Å². The highest BCUT2D eigenvalue weighted by atomic mass is 16.5. The van der Waals surface area contributed by atoms with Crippen LogP contribution in [0, 0.1) is 0 Å². The first-order valence-electron chi connectivity index (χ1n) is 10.8. The van der Waals surface area contributed by atoms with E-state index in [4.69, 9.17) is 4.74 Å². The van der Waals surface area contributed by atoms with Gasteiger partial charge in [-0.15, -0.1) is 0 Å². The first-order valence-corrected chi connectivity index (χ1v) is 10.8. The maximum Gasteiger partial charge on any atom is 0.239 e. The van der Waals surface area contributed by atoms with Crippen molar-refractivity contribution in [3.8, 4) is 5.75 Å². The van der Waals surface area contributed by atoms with Crippen molar-refractivity contribution in [2.45, 2.75) is 52.8 Å². The predicted octanol–water partition coefficient (Wildman–Crippen LogP) is 3.41. The Bertz CT molecular complexity index is 901. The number of aliphatic imine (C=N–C) groups is 1. The van der Waals surface area contributed by atoms with E-state index in [0.29, 0.717) is 12.5 Å². The van der Waals surface area contributed by atoms with E-state index in [-0.39, 0.29) is 24.1 Å². The van der Waals surface area contributed by atoms with Crippen LogP contribution >= 0.6 is 0 Å². The van der Waals surface area contributed by atoms with Crippen molar-refractivity contribution in [3.63, 3.8) is 0 Å². The lowest BCUT2D eigenvalue weighted by Crippen LogP contribution is -2.46. The minimum absolute atomic E-state index is 0.105. The molecule has 1 aromatic carbocycles. The van der Waals surface area contributed by atoms with Crippen LogP contribution in [0.2, 0.25) is 0 Å². The Labute approximate surface area is 191 Å². The van der Waals surface area contributed by atoms with Gasteiger partial charge in [-0.2, -0.15) is 0 Å². The Hall–Kier alpha value is -3.29. The van der Waals surface area contributed by atoms with E-state index >= 15 is 0 Å². The highest BCUT2D eigenvalue weighted by Gasteiger charge is 2.14. The van der Waals surface area contributed by atoms with Crippen molar-refractivity contribution < 1.29 is 9.53 Å². The van der Waals surface area contributed by atoms with Gasteiger partial charge in [0.05, 0.1) is 19.2 Å². The van der Waals surface area contributed by atoms with Crippen LogP contribution in [-0.4, -0.2) is 49.1 Å². The van der Waals surface area contributed by atoms with Crippen molar-refractivity contribution in [3.05, 3.63) is 48.2 Å². The van der Waals surface area contributed by atoms with Gasteiger partial charge in [0.15, 0.2) is 5.96 Å². The van der Waals surface area contributed by atoms with Crippen molar-refractivity contribution >= 4 is 23.4 Å². The van der Waals surface area contributed by atoms with Gasteiger partial charge in [-0.3, -0.25) is 4.79 Å². The first-order chi connectivity index (χ1) is 15.0. The molecule has 1 amide bonds. The number of ether oxygens (including phenoxy) is 1. The number of aromatic nitrogens is 1. The normalized spacial score (nSPS) is 11.8. The van der Waals surface area contributed by atoms with E-state index in [0.717, 1.165) is 22.8 Å². The molecule has 8 heteroatoms. The van der Waals surface area contributed by atoms with Gasteiger partial charge in [0.2, 0.25) is 5.91 Å². The third kappa shape index (κ3) is 9.24. The molecule has 3 N–H and O–H groups in total. The fraction of sp³-hybridized carbons (Fsp3) is 0.458. The fourth-order valence-electron chi connectivity index (χ4n) is 2.77. The SMILES string of the molecule is CC(C)Oc1ccc(NC(=NCc2ccnc(N(C)C)c2)NCC(=O)NC(C)(C)C)cc1. The Kier molecular flexibility index (Phi) is 8.87. The number of anilines is 2. The minimum Gasteiger partial charge on any atom is -0.491 e. The quantitative estimate of drug-likeness (QED) is 0.430. The van der Waals surface area contributed by atoms with Gasteiger partial charge in [-0.25, -0.2) is 9.98 Å². The van der Waals surface area contributed by atoms with E-state index in [2.05, 4.69) is 25.9 Å². The summed E-state index contributed by atoms with van der Waals surface area (Å²) in [4.78, 5) is 23.2. The molecule has 0 fully saturated rings. The Morgan fingerprint density at radius 3 is 2.44 bits per heavy atom. The summed E-state index contributed by atoms with van der Waals surface area (Å²) in [5.74, 6) is 2.07. The molecule has 0 spiro atoms. The molecule has 0 bridgehead atoms. The number of hydrogen-bond acceptors (Lipinski definition) is 5. The van der Waals surface area contributed by atoms with Crippen molar-refractivity contribution in [2.24, 2.45) is 4.99 Å². The van der Waals surface area contributed by atoms with Gasteiger partial charge >= 0.3 is 0 Å². The number of nitrogens with one attached hydrogen (secondary N) is 3. The van der Waals surface area contributed by atoms with Crippen LogP contribution in [0.4, 0.5) is 11.5 Å². The first kappa shape index (κ1) is 25.0. The van der Waals surface area contributed by atoms with E-state index in [1.165, 1.54) is 0 Å². The summed E-state index contributed by atoms with van der Waals surface area (Å²) in [6.45, 7) is 10.4. The van der Waals surface area contributed by atoms with Crippen LogP contribution in [-0.2, 0) is 11.3 Å². The van der Waals surface area contributed by atoms with Crippen molar-refractivity contribution in [1.29, 1.82) is 0 Å². The second-order valence-corrected chi connectivity index (χ2v) is 9.05. The zero-order valence-electron chi connectivity index (χ0n) is 20.2. The lowest BCUT2D eigenvalue weighted by molar-refractivity contribution is -0.121. The molecule has 8 nitrogen and oxygen atoms in total. The second kappa shape index (κ2) is 11.4. The molecule has 0 radical (unpaired) electrons. The van der Waals surface area contributed by atoms with Crippen molar-refractivity contribution in [2.75, 3.05) is 30.9 Å². The molecule has 0 atom stereocenters. The van der Waals surface area contributed by atoms with Crippen molar-refractivity contribution in [1.82, 2.24) is 15.6 Å². The Morgan fingerprint density at radius 1 is 1.16 bits per heavy atom. The summed E-state index contributed by atoms with van der Waals surface area (Å²) in [5.41, 5.74) is 1.56. The van der Waals surface area contributed by atoms with Crippen LogP contribution in [0.15, 0.2) is 47.6 Å². The lowest BCUT2D eigenvalue weighted by Gasteiger charge is -2.21. The molecule has 0 saturated heterocycles. The largest absolute Gasteiger partial charge is 0.491 e. The standard InChI is InChI=1S/C24H36N6O2/c1-17(2)32-20-10-8-19(9-11-20)28-23(27-16-22(31)29-24(3,4)5)26-15-18-12-13-25-21(14-18)30(6)7/h8-14,17H,15-16H2,1-7H3,(H,29,31)(H2,26,27,28). The molecule has 0 aliphatic carbocycles. The summed E-state index contributed by atoms with van der Waals surface area (Å²) in [6.07, 6.45) is 1.88. The third-order valence-electron chi connectivity index (χ3n) is 4.11. The molecular formula is C24H36N6O2. The molecule has 2 aromatic rings. The number of carbonyl (C=O) groups excluding carboxylic acids is 1. The topological polar surface area (TPSA) is 90.9 Å². The molecule has 0 unspecified atom stereocenters. The van der Waals surface area contributed by atoms with E-state index < -0.39 is 0 Å². The molecule has 0 aliphatic rings. The van der Waals surface area contributed by atoms with E-state index in [1.807, 2.05) is 90.0 Å². The zero-order chi connectivity index (χ0) is 23.7. The number of carbonyl (C=O) groups is 1. The van der Waals surface area contributed by atoms with E-state index in [1.54, 1.807) is 6.20 Å². The third-order valence-corrected chi connectivity index (χ3v) is 4.11. The highest BCUT2D eigenvalue weighted by Crippen LogP contribution is 2.17. The summed E-state index contributed by atoms with van der Waals surface area (Å²) in [6, 6.07) is 11.6. The molecule has 174 valence electrons. The van der Waals surface area contributed by atoms with Gasteiger partial charge in [-0.1, -0.05) is 0 Å². The molecule has 1 heterocycles. The van der Waals surface area contributed by atoms with Crippen LogP contribution < -0.4 is 25.6 Å². The molecule has 0 aliphatic heterocycles. The summed E-state index contributed by atoms with van der Waals surface area (Å²) in [5, 5.41) is 9.32. The molecule has 1 aromatic heterocycles. The van der Waals surface area contributed by atoms with Gasteiger partial charge < -0.3 is 25.6 Å². The smallest absolute Gasteiger partial charge is 0.239 e. The number of rotatable bonds is 8. The summed E-state index contributed by atoms with van der Waals surface area (Å²) in [7, 11) is 3.90. The molecular weight excluding hydrogens is 404 g/mol. The maximum atomic E-state index is 12.3. The summed E-state index contributed by atoms with van der Waals surface area (Å²) < 4.78 is 5.70. The van der Waals surface area contributed by atoms with Gasteiger partial charge in [0, 0.05) is 31.5 Å². The number of pyridine rings is 1. The minimum atomic E-state index is -0.296. The summed E-state index contributed by atoms with van der Waals surface area (Å²) >= 11 is 0. The highest BCUT2D eigenvalue weighted by molar-refractivity contribution is 5.96. The van der Waals surface area contributed by atoms with Crippen LogP contribution in [0.3, 0.4) is 0 Å². The Balaban J connectivity index is 2.13. The zero-order valence-corrected chi connectivity index (χ0v) is 20.2. The maximum absolute atomic E-state index is 12.3. The van der Waals surface area contributed by atoms with Crippen LogP contribution in [0.25, 0.3) is 0 Å². The van der Waals surface area contributed by atoms with E-state index in [9.17, 15) is 4.79 Å². The number of nitrogens with zero attached hydrogens (tertiary/aromatic N) is 3. The average molecular weight is 441 g/mol.